The number of hydrogen-bond acceptors (Lipinski definition) is 8. The zero-order chi connectivity index (χ0) is 28.7. The second-order valence-corrected chi connectivity index (χ2v) is 10.4. The number of piperidine rings is 1. The molecular weight excluding hydrogens is 548 g/mol. The molecule has 3 aromatic heterocycles. The van der Waals surface area contributed by atoms with Crippen molar-refractivity contribution in [1.29, 1.82) is 0 Å². The predicted molar refractivity (Wildman–Crippen MR) is 139 cm³/mol. The minimum atomic E-state index is -4.53. The Balaban J connectivity index is 1.23. The van der Waals surface area contributed by atoms with E-state index in [0.29, 0.717) is 48.3 Å². The SMILES string of the molecule is CN1CC[C@@H](Nc2cccc3c2cc(-c2noc(CNC(=O)c4cnn(C5COC5)c4)n2)n3CC(F)(F)F)[C@@H](F)C1. The number of fused-ring (bicyclic) bond motifs is 1. The number of amides is 1. The first-order valence-corrected chi connectivity index (χ1v) is 13.2. The molecule has 218 valence electrons. The number of likely N-dealkylation sites (tertiary alicyclic amines) is 1. The van der Waals surface area contributed by atoms with E-state index in [1.54, 1.807) is 29.1 Å². The Kier molecular flexibility index (Phi) is 7.15. The van der Waals surface area contributed by atoms with Crippen molar-refractivity contribution in [3.63, 3.8) is 0 Å². The van der Waals surface area contributed by atoms with Gasteiger partial charge in [0.1, 0.15) is 12.7 Å². The number of ether oxygens (including phenoxy) is 1. The highest BCUT2D eigenvalue weighted by molar-refractivity contribution is 5.96. The summed E-state index contributed by atoms with van der Waals surface area (Å²) in [5.74, 6) is -0.471. The smallest absolute Gasteiger partial charge is 0.379 e. The monoisotopic (exact) mass is 576 g/mol. The van der Waals surface area contributed by atoms with Crippen molar-refractivity contribution in [1.82, 2.24) is 34.7 Å². The highest BCUT2D eigenvalue weighted by Crippen LogP contribution is 2.35. The molecule has 2 aliphatic heterocycles. The van der Waals surface area contributed by atoms with Crippen LogP contribution >= 0.6 is 0 Å². The van der Waals surface area contributed by atoms with Gasteiger partial charge in [-0.1, -0.05) is 11.2 Å². The number of alkyl halides is 4. The summed E-state index contributed by atoms with van der Waals surface area (Å²) in [6.07, 6.45) is -2.06. The second kappa shape index (κ2) is 10.8. The van der Waals surface area contributed by atoms with Gasteiger partial charge in [-0.25, -0.2) is 4.39 Å². The van der Waals surface area contributed by atoms with Gasteiger partial charge < -0.3 is 29.4 Å². The molecule has 1 amide bonds. The van der Waals surface area contributed by atoms with E-state index in [0.717, 1.165) is 4.57 Å². The fraction of sp³-hybridized carbons (Fsp3) is 0.462. The van der Waals surface area contributed by atoms with Gasteiger partial charge in [-0.3, -0.25) is 9.48 Å². The Morgan fingerprint density at radius 1 is 1.24 bits per heavy atom. The van der Waals surface area contributed by atoms with E-state index in [1.165, 1.54) is 12.3 Å². The number of carbonyl (C=O) groups is 1. The lowest BCUT2D eigenvalue weighted by Gasteiger charge is -2.33. The molecule has 6 rings (SSSR count). The molecule has 15 heteroatoms. The van der Waals surface area contributed by atoms with Gasteiger partial charge >= 0.3 is 6.18 Å². The maximum atomic E-state index is 14.7. The number of rotatable bonds is 8. The highest BCUT2D eigenvalue weighted by atomic mass is 19.4. The van der Waals surface area contributed by atoms with Gasteiger partial charge in [-0.2, -0.15) is 23.3 Å². The number of hydrogen-bond donors (Lipinski definition) is 2. The molecule has 41 heavy (non-hydrogen) atoms. The molecule has 0 saturated carbocycles. The quantitative estimate of drug-likeness (QED) is 0.307. The average Bonchev–Trinajstić information content (AvgIpc) is 3.62. The Bertz CT molecular complexity index is 1540. The maximum absolute atomic E-state index is 14.7. The molecule has 2 fully saturated rings. The van der Waals surface area contributed by atoms with Crippen molar-refractivity contribution in [2.24, 2.45) is 0 Å². The van der Waals surface area contributed by atoms with E-state index in [-0.39, 0.29) is 36.5 Å². The summed E-state index contributed by atoms with van der Waals surface area (Å²) < 4.78 is 68.8. The number of aromatic nitrogens is 5. The molecular formula is C26H28F4N8O3. The lowest BCUT2D eigenvalue weighted by atomic mass is 10.0. The molecule has 4 aromatic rings. The first kappa shape index (κ1) is 27.2. The third-order valence-electron chi connectivity index (χ3n) is 7.32. The van der Waals surface area contributed by atoms with E-state index in [4.69, 9.17) is 9.26 Å². The number of anilines is 1. The summed E-state index contributed by atoms with van der Waals surface area (Å²) in [5.41, 5.74) is 1.23. The summed E-state index contributed by atoms with van der Waals surface area (Å²) in [7, 11) is 1.84. The van der Waals surface area contributed by atoms with Gasteiger partial charge in [0, 0.05) is 30.4 Å². The third-order valence-corrected chi connectivity index (χ3v) is 7.32. The Labute approximate surface area is 231 Å². The Morgan fingerprint density at radius 2 is 2.07 bits per heavy atom. The maximum Gasteiger partial charge on any atom is 0.406 e. The lowest BCUT2D eigenvalue weighted by Crippen LogP contribution is -2.46. The summed E-state index contributed by atoms with van der Waals surface area (Å²) in [6, 6.07) is 6.07. The van der Waals surface area contributed by atoms with Crippen LogP contribution in [0.15, 0.2) is 41.2 Å². The molecule has 11 nitrogen and oxygen atoms in total. The van der Waals surface area contributed by atoms with E-state index in [1.807, 2.05) is 11.9 Å². The normalized spacial score (nSPS) is 20.3. The topological polar surface area (TPSA) is 115 Å². The predicted octanol–water partition coefficient (Wildman–Crippen LogP) is 3.41. The number of halogens is 4. The zero-order valence-corrected chi connectivity index (χ0v) is 22.1. The molecule has 1 aromatic carbocycles. The standard InChI is InChI=1S/C26H28F4N8O3/c1-36-6-5-20(18(27)11-36)33-19-3-2-4-21-17(19)7-22(37(21)14-26(28,29)30)24-34-23(41-35-24)9-31-25(39)15-8-32-38(10-15)16-12-40-13-16/h2-4,7-8,10,16,18,20,33H,5-6,9,11-14H2,1H3,(H,31,39)/t18-,20+/m0/s1. The van der Waals surface area contributed by atoms with Crippen LogP contribution < -0.4 is 10.6 Å². The first-order valence-electron chi connectivity index (χ1n) is 13.2. The van der Waals surface area contributed by atoms with E-state index in [2.05, 4.69) is 25.9 Å². The minimum absolute atomic E-state index is 0.0156. The number of nitrogens with zero attached hydrogens (tertiary/aromatic N) is 6. The van der Waals surface area contributed by atoms with Crippen LogP contribution in [0.25, 0.3) is 22.4 Å². The molecule has 0 radical (unpaired) electrons. The molecule has 5 heterocycles. The highest BCUT2D eigenvalue weighted by Gasteiger charge is 2.32. The van der Waals surface area contributed by atoms with Gasteiger partial charge in [0.25, 0.3) is 5.91 Å². The molecule has 2 aliphatic rings. The average molecular weight is 577 g/mol. The number of carbonyl (C=O) groups excluding carboxylic acids is 1. The number of benzene rings is 1. The molecule has 0 bridgehead atoms. The second-order valence-electron chi connectivity index (χ2n) is 10.4. The van der Waals surface area contributed by atoms with Crippen LogP contribution in [0.3, 0.4) is 0 Å². The van der Waals surface area contributed by atoms with Crippen molar-refractivity contribution in [2.75, 3.05) is 38.7 Å². The third kappa shape index (κ3) is 5.77. The van der Waals surface area contributed by atoms with E-state index >= 15 is 0 Å². The van der Waals surface area contributed by atoms with Gasteiger partial charge in [-0.05, 0) is 31.7 Å². The molecule has 0 aliphatic carbocycles. The van der Waals surface area contributed by atoms with Crippen LogP contribution in [-0.2, 0) is 17.8 Å². The van der Waals surface area contributed by atoms with Gasteiger partial charge in [0.2, 0.25) is 11.7 Å². The number of nitrogens with one attached hydrogen (secondary N) is 2. The first-order chi connectivity index (χ1) is 19.6. The van der Waals surface area contributed by atoms with E-state index in [9.17, 15) is 22.4 Å². The van der Waals surface area contributed by atoms with Crippen molar-refractivity contribution >= 4 is 22.5 Å². The van der Waals surface area contributed by atoms with Crippen LogP contribution in [0.1, 0.15) is 28.7 Å². The fourth-order valence-electron chi connectivity index (χ4n) is 5.08. The van der Waals surface area contributed by atoms with Crippen LogP contribution in [0, 0.1) is 0 Å². The van der Waals surface area contributed by atoms with Crippen molar-refractivity contribution in [2.45, 2.75) is 43.9 Å². The van der Waals surface area contributed by atoms with E-state index < -0.39 is 30.8 Å². The minimum Gasteiger partial charge on any atom is -0.379 e. The fourth-order valence-corrected chi connectivity index (χ4v) is 5.08. The van der Waals surface area contributed by atoms with Crippen LogP contribution in [0.2, 0.25) is 0 Å². The van der Waals surface area contributed by atoms with Crippen molar-refractivity contribution in [3.8, 4) is 11.5 Å². The lowest BCUT2D eigenvalue weighted by molar-refractivity contribution is -0.139. The van der Waals surface area contributed by atoms with Crippen molar-refractivity contribution < 1.29 is 31.6 Å². The summed E-state index contributed by atoms with van der Waals surface area (Å²) in [5, 5.41) is 14.4. The van der Waals surface area contributed by atoms with Crippen LogP contribution in [0.5, 0.6) is 0 Å². The Morgan fingerprint density at radius 3 is 2.80 bits per heavy atom. The van der Waals surface area contributed by atoms with Gasteiger partial charge in [0.05, 0.1) is 54.8 Å². The molecule has 0 spiro atoms. The van der Waals surface area contributed by atoms with Crippen molar-refractivity contribution in [3.05, 3.63) is 48.1 Å². The molecule has 2 saturated heterocycles. The molecule has 2 atom stereocenters. The largest absolute Gasteiger partial charge is 0.406 e. The van der Waals surface area contributed by atoms with Gasteiger partial charge in [-0.15, -0.1) is 0 Å². The molecule has 0 unspecified atom stereocenters. The molecule has 2 N–H and O–H groups in total. The summed E-state index contributed by atoms with van der Waals surface area (Å²) >= 11 is 0. The zero-order valence-electron chi connectivity index (χ0n) is 22.1. The summed E-state index contributed by atoms with van der Waals surface area (Å²) in [4.78, 5) is 18.7. The summed E-state index contributed by atoms with van der Waals surface area (Å²) in [6.45, 7) is 0.619. The van der Waals surface area contributed by atoms with Gasteiger partial charge in [0.15, 0.2) is 0 Å². The van der Waals surface area contributed by atoms with Crippen LogP contribution in [-0.4, -0.2) is 87.0 Å². The Hall–Kier alpha value is -3.98. The van der Waals surface area contributed by atoms with Crippen LogP contribution in [0.4, 0.5) is 23.2 Å².